The average Bonchev–Trinajstić information content (AvgIpc) is 2.70. The lowest BCUT2D eigenvalue weighted by Gasteiger charge is -2.35. The van der Waals surface area contributed by atoms with Crippen LogP contribution < -0.4 is 9.47 Å². The van der Waals surface area contributed by atoms with Crippen molar-refractivity contribution in [2.45, 2.75) is 13.5 Å². The van der Waals surface area contributed by atoms with Gasteiger partial charge in [0.1, 0.15) is 0 Å². The third kappa shape index (κ3) is 4.93. The molecule has 0 spiro atoms. The molecule has 1 aliphatic heterocycles. The Morgan fingerprint density at radius 3 is 2.37 bits per heavy atom. The fourth-order valence-corrected chi connectivity index (χ4v) is 3.34. The summed E-state index contributed by atoms with van der Waals surface area (Å²) < 4.78 is 10.9. The van der Waals surface area contributed by atoms with Crippen LogP contribution in [0.5, 0.6) is 11.5 Å². The summed E-state index contributed by atoms with van der Waals surface area (Å²) in [6.45, 7) is 6.43. The van der Waals surface area contributed by atoms with E-state index in [1.165, 1.54) is 5.56 Å². The van der Waals surface area contributed by atoms with Gasteiger partial charge in [0.25, 0.3) is 5.91 Å². The van der Waals surface area contributed by atoms with Gasteiger partial charge >= 0.3 is 0 Å². The second kappa shape index (κ2) is 9.11. The van der Waals surface area contributed by atoms with Crippen molar-refractivity contribution in [3.63, 3.8) is 0 Å². The Morgan fingerprint density at radius 2 is 1.74 bits per heavy atom. The SMILES string of the molecule is CCOc1cc(C(=O)N2CCN(Cc3ccc(Cl)cc3)CC2)ccc1OC. The van der Waals surface area contributed by atoms with Crippen LogP contribution in [-0.2, 0) is 6.54 Å². The second-order valence-electron chi connectivity index (χ2n) is 6.49. The van der Waals surface area contributed by atoms with Crippen molar-refractivity contribution in [1.82, 2.24) is 9.80 Å². The smallest absolute Gasteiger partial charge is 0.254 e. The van der Waals surface area contributed by atoms with Gasteiger partial charge in [-0.15, -0.1) is 0 Å². The molecule has 1 amide bonds. The van der Waals surface area contributed by atoms with E-state index >= 15 is 0 Å². The largest absolute Gasteiger partial charge is 0.493 e. The summed E-state index contributed by atoms with van der Waals surface area (Å²) >= 11 is 5.94. The maximum Gasteiger partial charge on any atom is 0.254 e. The molecular formula is C21H25ClN2O3. The highest BCUT2D eigenvalue weighted by molar-refractivity contribution is 6.30. The van der Waals surface area contributed by atoms with Crippen LogP contribution in [0.1, 0.15) is 22.8 Å². The second-order valence-corrected chi connectivity index (χ2v) is 6.93. The van der Waals surface area contributed by atoms with Crippen molar-refractivity contribution in [2.24, 2.45) is 0 Å². The standard InChI is InChI=1S/C21H25ClN2O3/c1-3-27-20-14-17(6-9-19(20)26-2)21(25)24-12-10-23(11-13-24)15-16-4-7-18(22)8-5-16/h4-9,14H,3,10-13,15H2,1-2H3. The number of carbonyl (C=O) groups excluding carboxylic acids is 1. The van der Waals surface area contributed by atoms with Gasteiger partial charge in [0, 0.05) is 43.3 Å². The van der Waals surface area contributed by atoms with Crippen LogP contribution in [0.4, 0.5) is 0 Å². The number of ether oxygens (including phenoxy) is 2. The zero-order valence-corrected chi connectivity index (χ0v) is 16.5. The number of piperazine rings is 1. The first-order chi connectivity index (χ1) is 13.1. The average molecular weight is 389 g/mol. The predicted molar refractivity (Wildman–Crippen MR) is 107 cm³/mol. The van der Waals surface area contributed by atoms with Gasteiger partial charge in [0.15, 0.2) is 11.5 Å². The number of nitrogens with zero attached hydrogens (tertiary/aromatic N) is 2. The third-order valence-corrected chi connectivity index (χ3v) is 4.94. The fourth-order valence-electron chi connectivity index (χ4n) is 3.22. The van der Waals surface area contributed by atoms with Crippen molar-refractivity contribution in [3.8, 4) is 11.5 Å². The number of hydrogen-bond acceptors (Lipinski definition) is 4. The van der Waals surface area contributed by atoms with Gasteiger partial charge in [-0.1, -0.05) is 23.7 Å². The number of hydrogen-bond donors (Lipinski definition) is 0. The third-order valence-electron chi connectivity index (χ3n) is 4.69. The summed E-state index contributed by atoms with van der Waals surface area (Å²) in [5, 5.41) is 0.750. The first kappa shape index (κ1) is 19.5. The molecule has 1 heterocycles. The monoisotopic (exact) mass is 388 g/mol. The molecule has 1 aliphatic rings. The van der Waals surface area contributed by atoms with E-state index < -0.39 is 0 Å². The molecule has 5 nitrogen and oxygen atoms in total. The molecule has 1 saturated heterocycles. The molecule has 27 heavy (non-hydrogen) atoms. The minimum absolute atomic E-state index is 0.0322. The Kier molecular flexibility index (Phi) is 6.58. The molecule has 1 fully saturated rings. The van der Waals surface area contributed by atoms with Gasteiger partial charge in [0.05, 0.1) is 13.7 Å². The highest BCUT2D eigenvalue weighted by atomic mass is 35.5. The molecule has 0 atom stereocenters. The quantitative estimate of drug-likeness (QED) is 0.756. The minimum Gasteiger partial charge on any atom is -0.493 e. The number of amides is 1. The first-order valence-electron chi connectivity index (χ1n) is 9.17. The molecule has 0 bridgehead atoms. The highest BCUT2D eigenvalue weighted by Gasteiger charge is 2.23. The van der Waals surface area contributed by atoms with Gasteiger partial charge in [0.2, 0.25) is 0 Å². The van der Waals surface area contributed by atoms with E-state index in [1.807, 2.05) is 36.1 Å². The maximum atomic E-state index is 12.9. The summed E-state index contributed by atoms with van der Waals surface area (Å²) in [7, 11) is 1.60. The van der Waals surface area contributed by atoms with E-state index in [1.54, 1.807) is 25.3 Å². The predicted octanol–water partition coefficient (Wildman–Crippen LogP) is 3.71. The molecular weight excluding hydrogens is 364 g/mol. The zero-order valence-electron chi connectivity index (χ0n) is 15.8. The van der Waals surface area contributed by atoms with Crippen molar-refractivity contribution in [2.75, 3.05) is 39.9 Å². The van der Waals surface area contributed by atoms with Crippen LogP contribution in [0.15, 0.2) is 42.5 Å². The molecule has 144 valence electrons. The molecule has 3 rings (SSSR count). The summed E-state index contributed by atoms with van der Waals surface area (Å²) in [4.78, 5) is 17.1. The lowest BCUT2D eigenvalue weighted by atomic mass is 10.1. The number of benzene rings is 2. The van der Waals surface area contributed by atoms with Crippen molar-refractivity contribution in [3.05, 3.63) is 58.6 Å². The number of rotatable bonds is 6. The molecule has 0 unspecified atom stereocenters. The van der Waals surface area contributed by atoms with E-state index in [0.29, 0.717) is 36.8 Å². The Labute approximate surface area is 165 Å². The summed E-state index contributed by atoms with van der Waals surface area (Å²) in [5.41, 5.74) is 1.86. The van der Waals surface area contributed by atoms with Crippen LogP contribution in [0.3, 0.4) is 0 Å². The van der Waals surface area contributed by atoms with E-state index in [9.17, 15) is 4.79 Å². The summed E-state index contributed by atoms with van der Waals surface area (Å²) in [6, 6.07) is 13.3. The molecule has 6 heteroatoms. The number of methoxy groups -OCH3 is 1. The topological polar surface area (TPSA) is 42.0 Å². The summed E-state index contributed by atoms with van der Waals surface area (Å²) in [6.07, 6.45) is 0. The van der Waals surface area contributed by atoms with E-state index in [4.69, 9.17) is 21.1 Å². The molecule has 0 aliphatic carbocycles. The zero-order chi connectivity index (χ0) is 19.2. The van der Waals surface area contributed by atoms with Crippen molar-refractivity contribution in [1.29, 1.82) is 0 Å². The van der Waals surface area contributed by atoms with Crippen molar-refractivity contribution >= 4 is 17.5 Å². The Bertz CT molecular complexity index is 771. The minimum atomic E-state index is 0.0322. The Hall–Kier alpha value is -2.24. The molecule has 2 aromatic rings. The molecule has 2 aromatic carbocycles. The molecule has 0 radical (unpaired) electrons. The van der Waals surface area contributed by atoms with Crippen LogP contribution in [-0.4, -0.2) is 55.6 Å². The van der Waals surface area contributed by atoms with Gasteiger partial charge in [-0.05, 0) is 42.8 Å². The first-order valence-corrected chi connectivity index (χ1v) is 9.55. The van der Waals surface area contributed by atoms with Gasteiger partial charge in [-0.3, -0.25) is 9.69 Å². The highest BCUT2D eigenvalue weighted by Crippen LogP contribution is 2.28. The number of carbonyl (C=O) groups is 1. The molecule has 0 saturated carbocycles. The van der Waals surface area contributed by atoms with Crippen molar-refractivity contribution < 1.29 is 14.3 Å². The van der Waals surface area contributed by atoms with E-state index in [2.05, 4.69) is 4.90 Å². The Balaban J connectivity index is 1.59. The lowest BCUT2D eigenvalue weighted by molar-refractivity contribution is 0.0628. The van der Waals surface area contributed by atoms with Crippen LogP contribution in [0.25, 0.3) is 0 Å². The molecule has 0 N–H and O–H groups in total. The molecule has 0 aromatic heterocycles. The fraction of sp³-hybridized carbons (Fsp3) is 0.381. The van der Waals surface area contributed by atoms with Crippen LogP contribution in [0, 0.1) is 0 Å². The van der Waals surface area contributed by atoms with Gasteiger partial charge < -0.3 is 14.4 Å². The van der Waals surface area contributed by atoms with Gasteiger partial charge in [-0.2, -0.15) is 0 Å². The van der Waals surface area contributed by atoms with Gasteiger partial charge in [-0.25, -0.2) is 0 Å². The Morgan fingerprint density at radius 1 is 1.04 bits per heavy atom. The van der Waals surface area contributed by atoms with E-state index in [-0.39, 0.29) is 5.91 Å². The summed E-state index contributed by atoms with van der Waals surface area (Å²) in [5.74, 6) is 1.28. The number of halogens is 1. The van der Waals surface area contributed by atoms with E-state index in [0.717, 1.165) is 24.7 Å². The van der Waals surface area contributed by atoms with Crippen LogP contribution in [0.2, 0.25) is 5.02 Å². The lowest BCUT2D eigenvalue weighted by Crippen LogP contribution is -2.48. The van der Waals surface area contributed by atoms with Crippen LogP contribution >= 0.6 is 11.6 Å². The maximum absolute atomic E-state index is 12.9. The normalized spacial score (nSPS) is 14.9.